The van der Waals surface area contributed by atoms with Crippen molar-refractivity contribution in [3.8, 4) is 11.5 Å². The molecular formula is C57H57N5O9. The van der Waals surface area contributed by atoms with Crippen molar-refractivity contribution in [1.29, 1.82) is 0 Å². The predicted molar refractivity (Wildman–Crippen MR) is 272 cm³/mol. The summed E-state index contributed by atoms with van der Waals surface area (Å²) in [6.07, 6.45) is 1.44. The number of hydrogen-bond donors (Lipinski definition) is 5. The van der Waals surface area contributed by atoms with Gasteiger partial charge in [-0.3, -0.25) is 19.4 Å². The van der Waals surface area contributed by atoms with Crippen molar-refractivity contribution in [2.75, 3.05) is 49.5 Å². The topological polar surface area (TPSA) is 183 Å². The third kappa shape index (κ3) is 12.3. The first kappa shape index (κ1) is 48.3. The van der Waals surface area contributed by atoms with Crippen LogP contribution in [0.5, 0.6) is 11.5 Å². The largest absolute Gasteiger partial charge is 0.506 e. The van der Waals surface area contributed by atoms with Gasteiger partial charge >= 0.3 is 18.0 Å². The molecule has 1 aromatic heterocycles. The number of nitrogens with zero attached hydrogens (tertiary/aromatic N) is 2. The van der Waals surface area contributed by atoms with Crippen LogP contribution in [0.4, 0.5) is 16.2 Å². The van der Waals surface area contributed by atoms with E-state index in [4.69, 9.17) is 14.2 Å². The van der Waals surface area contributed by atoms with Gasteiger partial charge in [0.05, 0.1) is 30.1 Å². The summed E-state index contributed by atoms with van der Waals surface area (Å²) in [5, 5.41) is 27.8. The number of amides is 2. The van der Waals surface area contributed by atoms with Crippen molar-refractivity contribution < 1.29 is 38.8 Å². The summed E-state index contributed by atoms with van der Waals surface area (Å²) < 4.78 is 18.0. The first-order valence-electron chi connectivity index (χ1n) is 24.1. The first-order chi connectivity index (χ1) is 34.6. The van der Waals surface area contributed by atoms with Crippen molar-refractivity contribution in [2.45, 2.75) is 50.5 Å². The number of aliphatic hydroxyl groups excluding tert-OH is 1. The van der Waals surface area contributed by atoms with E-state index < -0.39 is 18.1 Å². The maximum Gasteiger partial charge on any atom is 0.338 e. The molecule has 5 N–H and O–H groups in total. The Kier molecular flexibility index (Phi) is 15.5. The fourth-order valence-corrected chi connectivity index (χ4v) is 9.44. The monoisotopic (exact) mass is 955 g/mol. The van der Waals surface area contributed by atoms with E-state index in [2.05, 4.69) is 20.5 Å². The van der Waals surface area contributed by atoms with Crippen LogP contribution in [0.1, 0.15) is 69.5 Å². The third-order valence-electron chi connectivity index (χ3n) is 13.3. The van der Waals surface area contributed by atoms with Crippen LogP contribution in [-0.2, 0) is 27.4 Å². The average molecular weight is 956 g/mol. The quantitative estimate of drug-likeness (QED) is 0.0489. The fourth-order valence-electron chi connectivity index (χ4n) is 9.44. The van der Waals surface area contributed by atoms with Gasteiger partial charge in [0.1, 0.15) is 30.8 Å². The highest BCUT2D eigenvalue weighted by atomic mass is 16.5. The second-order valence-corrected chi connectivity index (χ2v) is 18.1. The number of para-hydroxylation sites is 1. The molecule has 3 aliphatic rings. The number of rotatable bonds is 19. The van der Waals surface area contributed by atoms with Crippen LogP contribution in [0.25, 0.3) is 10.9 Å². The van der Waals surface area contributed by atoms with Crippen molar-refractivity contribution >= 4 is 40.2 Å². The number of carbonyl (C=O) groups excluding carboxylic acids is 3. The molecule has 6 aromatic carbocycles. The Morgan fingerprint density at radius 1 is 0.789 bits per heavy atom. The number of esters is 2. The second kappa shape index (κ2) is 22.8. The Balaban J connectivity index is 0.748. The zero-order valence-corrected chi connectivity index (χ0v) is 39.2. The molecule has 0 unspecified atom stereocenters. The number of benzene rings is 6. The summed E-state index contributed by atoms with van der Waals surface area (Å²) in [6, 6.07) is 46.9. The number of aromatic amines is 1. The molecule has 4 heterocycles. The minimum atomic E-state index is -0.904. The predicted octanol–water partition coefficient (Wildman–Crippen LogP) is 8.69. The van der Waals surface area contributed by atoms with E-state index in [1.54, 1.807) is 48.5 Å². The first-order valence-corrected chi connectivity index (χ1v) is 24.1. The molecule has 0 spiro atoms. The third-order valence-corrected chi connectivity index (χ3v) is 13.3. The van der Waals surface area contributed by atoms with Crippen LogP contribution >= 0.6 is 0 Å². The minimum Gasteiger partial charge on any atom is -0.506 e. The number of carbonyl (C=O) groups is 3. The maximum atomic E-state index is 13.7. The number of aromatic hydroxyl groups is 1. The molecule has 0 saturated carbocycles. The van der Waals surface area contributed by atoms with E-state index in [9.17, 15) is 29.4 Å². The molecule has 3 fully saturated rings. The number of ether oxygens (including phenoxy) is 3. The van der Waals surface area contributed by atoms with Crippen molar-refractivity contribution in [1.82, 2.24) is 15.2 Å². The molecule has 14 heteroatoms. The van der Waals surface area contributed by atoms with E-state index in [1.807, 2.05) is 97.1 Å². The number of phenols is 1. The van der Waals surface area contributed by atoms with E-state index >= 15 is 0 Å². The highest BCUT2D eigenvalue weighted by Crippen LogP contribution is 2.34. The summed E-state index contributed by atoms with van der Waals surface area (Å²) in [7, 11) is 0. The van der Waals surface area contributed by atoms with Crippen molar-refractivity contribution in [2.24, 2.45) is 5.92 Å². The zero-order valence-electron chi connectivity index (χ0n) is 39.2. The summed E-state index contributed by atoms with van der Waals surface area (Å²) in [5.74, 6) is 0.110. The van der Waals surface area contributed by atoms with Crippen LogP contribution < -0.4 is 25.8 Å². The highest BCUT2D eigenvalue weighted by molar-refractivity contribution is 6.01. The molecule has 7 aromatic rings. The molecule has 2 amide bonds. The van der Waals surface area contributed by atoms with Gasteiger partial charge in [0.15, 0.2) is 0 Å². The van der Waals surface area contributed by atoms with E-state index in [0.29, 0.717) is 46.1 Å². The number of anilines is 2. The van der Waals surface area contributed by atoms with Gasteiger partial charge in [-0.1, -0.05) is 91.0 Å². The number of H-pyrrole nitrogens is 1. The smallest absolute Gasteiger partial charge is 0.338 e. The van der Waals surface area contributed by atoms with E-state index in [-0.39, 0.29) is 67.5 Å². The highest BCUT2D eigenvalue weighted by Gasteiger charge is 2.37. The van der Waals surface area contributed by atoms with E-state index in [1.165, 1.54) is 17.0 Å². The lowest BCUT2D eigenvalue weighted by Crippen LogP contribution is -2.52. The van der Waals surface area contributed by atoms with Gasteiger partial charge in [-0.25, -0.2) is 9.59 Å². The SMILES string of the molecule is O=C(C[C@@H](c1ccccc1)c1cccc(OCc2ccc(C(=O)OCCN(C(=O)Nc3ccc(CNC[C@H](O)c4ccc(O)c5[nH]c(=O)ccc45)cc3)c3ccccc3)cc2)c1)O[C@H]1CN2CCC1CC2. The molecule has 71 heavy (non-hydrogen) atoms. The molecule has 2 bridgehead atoms. The Morgan fingerprint density at radius 3 is 2.24 bits per heavy atom. The number of piperidine rings is 3. The van der Waals surface area contributed by atoms with Crippen LogP contribution in [0, 0.1) is 5.92 Å². The molecule has 3 saturated heterocycles. The molecular weight excluding hydrogens is 899 g/mol. The molecule has 0 aliphatic carbocycles. The summed E-state index contributed by atoms with van der Waals surface area (Å²) in [5.41, 5.74) is 5.79. The zero-order chi connectivity index (χ0) is 49.1. The number of aromatic nitrogens is 1. The average Bonchev–Trinajstić information content (AvgIpc) is 3.40. The van der Waals surface area contributed by atoms with Gasteiger partial charge in [-0.15, -0.1) is 0 Å². The minimum absolute atomic E-state index is 0.0459. The molecule has 10 rings (SSSR count). The van der Waals surface area contributed by atoms with Gasteiger partial charge in [0, 0.05) is 48.4 Å². The Hall–Kier alpha value is -7.78. The number of fused-ring (bicyclic) bond motifs is 4. The molecule has 3 aliphatic heterocycles. The summed E-state index contributed by atoms with van der Waals surface area (Å²) >= 11 is 0. The molecule has 14 nitrogen and oxygen atoms in total. The number of aliphatic hydroxyl groups is 1. The van der Waals surface area contributed by atoms with Gasteiger partial charge in [-0.2, -0.15) is 0 Å². The Bertz CT molecular complexity index is 2980. The lowest BCUT2D eigenvalue weighted by Gasteiger charge is -2.44. The number of urea groups is 1. The van der Waals surface area contributed by atoms with Gasteiger partial charge in [0.25, 0.3) is 0 Å². The molecule has 0 radical (unpaired) electrons. The standard InChI is InChI=1S/C57H57N5O9/c63-50-24-22-47(48-23-25-53(65)60-55(48)50)51(64)35-58-34-38-16-20-44(21-17-38)59-57(68)62(45-11-5-2-6-12-45)30-31-69-56(67)42-18-14-39(15-19-42)37-70-46-13-7-10-43(32-46)49(40-8-3-1-4-9-40)33-54(66)71-52-36-61-28-26-41(52)27-29-61/h1-25,32,41,49,51-52,58,63-64H,26-31,33-37H2,(H,59,68)(H,60,65)/t49-,51-,52-/m0/s1. The van der Waals surface area contributed by atoms with Crippen molar-refractivity contribution in [3.63, 3.8) is 0 Å². The number of nitrogens with one attached hydrogen (secondary N) is 3. The number of hydrogen-bond acceptors (Lipinski definition) is 11. The summed E-state index contributed by atoms with van der Waals surface area (Å²) in [6.45, 7) is 3.92. The Labute approximate surface area is 411 Å². The Morgan fingerprint density at radius 2 is 1.51 bits per heavy atom. The van der Waals surface area contributed by atoms with Gasteiger partial charge in [0.2, 0.25) is 5.56 Å². The van der Waals surface area contributed by atoms with Crippen LogP contribution in [0.3, 0.4) is 0 Å². The lowest BCUT2D eigenvalue weighted by atomic mass is 9.85. The van der Waals surface area contributed by atoms with Crippen LogP contribution in [0.2, 0.25) is 0 Å². The van der Waals surface area contributed by atoms with Crippen LogP contribution in [0.15, 0.2) is 163 Å². The van der Waals surface area contributed by atoms with Gasteiger partial charge < -0.3 is 40.0 Å². The maximum absolute atomic E-state index is 13.7. The lowest BCUT2D eigenvalue weighted by molar-refractivity contribution is -0.159. The molecule has 3 atom stereocenters. The number of phenolic OH excluding ortho intramolecular Hbond substituents is 1. The van der Waals surface area contributed by atoms with E-state index in [0.717, 1.165) is 54.7 Å². The van der Waals surface area contributed by atoms with Crippen LogP contribution in [-0.4, -0.2) is 83.5 Å². The summed E-state index contributed by atoms with van der Waals surface area (Å²) in [4.78, 5) is 58.6. The van der Waals surface area contributed by atoms with Gasteiger partial charge in [-0.05, 0) is 120 Å². The fraction of sp³-hybridized carbons (Fsp3) is 0.263. The number of pyridine rings is 1. The normalized spacial score (nSPS) is 16.9. The second-order valence-electron chi connectivity index (χ2n) is 18.1. The molecule has 364 valence electrons. The van der Waals surface area contributed by atoms with Crippen molar-refractivity contribution in [3.05, 3.63) is 201 Å².